The number of ether oxygens (including phenoxy) is 1. The van der Waals surface area contributed by atoms with Crippen LogP contribution in [0.25, 0.3) is 0 Å². The number of hydrogen-bond acceptors (Lipinski definition) is 4. The van der Waals surface area contributed by atoms with Crippen molar-refractivity contribution in [1.29, 1.82) is 0 Å². The fraction of sp³-hybridized carbons (Fsp3) is 1.00. The molecule has 3 fully saturated rings. The van der Waals surface area contributed by atoms with E-state index in [1.807, 2.05) is 0 Å². The monoisotopic (exact) mass is 281 g/mol. The van der Waals surface area contributed by atoms with E-state index in [0.717, 1.165) is 44.1 Å². The van der Waals surface area contributed by atoms with Crippen molar-refractivity contribution in [3.8, 4) is 0 Å². The minimum Gasteiger partial charge on any atom is -0.374 e. The maximum atomic E-state index is 6.04. The summed E-state index contributed by atoms with van der Waals surface area (Å²) >= 11 is 0. The highest BCUT2D eigenvalue weighted by atomic mass is 16.5. The van der Waals surface area contributed by atoms with Crippen LogP contribution >= 0.6 is 0 Å². The summed E-state index contributed by atoms with van der Waals surface area (Å²) in [4.78, 5) is 5.29. The van der Waals surface area contributed by atoms with Gasteiger partial charge < -0.3 is 10.1 Å². The van der Waals surface area contributed by atoms with Crippen molar-refractivity contribution in [2.24, 2.45) is 11.8 Å². The number of rotatable bonds is 4. The minimum absolute atomic E-state index is 0.409. The van der Waals surface area contributed by atoms with Gasteiger partial charge in [-0.2, -0.15) is 0 Å². The normalized spacial score (nSPS) is 39.6. The first-order valence-electron chi connectivity index (χ1n) is 8.49. The van der Waals surface area contributed by atoms with E-state index in [1.165, 1.54) is 26.1 Å². The lowest BCUT2D eigenvalue weighted by Gasteiger charge is -2.38. The van der Waals surface area contributed by atoms with Crippen LogP contribution in [0, 0.1) is 11.8 Å². The zero-order valence-corrected chi connectivity index (χ0v) is 13.3. The Kier molecular flexibility index (Phi) is 4.65. The first-order chi connectivity index (χ1) is 9.69. The van der Waals surface area contributed by atoms with Crippen molar-refractivity contribution in [3.05, 3.63) is 0 Å². The molecule has 4 heteroatoms. The third-order valence-electron chi connectivity index (χ3n) is 5.58. The summed E-state index contributed by atoms with van der Waals surface area (Å²) in [6.07, 6.45) is 1.69. The van der Waals surface area contributed by atoms with Gasteiger partial charge in [0.25, 0.3) is 0 Å². The Morgan fingerprint density at radius 2 is 2.10 bits per heavy atom. The fourth-order valence-electron chi connectivity index (χ4n) is 4.47. The molecule has 0 radical (unpaired) electrons. The van der Waals surface area contributed by atoms with Gasteiger partial charge in [0, 0.05) is 38.3 Å². The van der Waals surface area contributed by atoms with E-state index in [4.69, 9.17) is 4.74 Å². The van der Waals surface area contributed by atoms with E-state index in [0.29, 0.717) is 12.1 Å². The molecule has 3 saturated heterocycles. The third kappa shape index (κ3) is 2.89. The van der Waals surface area contributed by atoms with Gasteiger partial charge in [-0.25, -0.2) is 0 Å². The quantitative estimate of drug-likeness (QED) is 0.833. The van der Waals surface area contributed by atoms with Gasteiger partial charge in [-0.15, -0.1) is 0 Å². The third-order valence-corrected chi connectivity index (χ3v) is 5.58. The molecule has 0 bridgehead atoms. The van der Waals surface area contributed by atoms with Crippen LogP contribution in [-0.4, -0.2) is 73.9 Å². The van der Waals surface area contributed by atoms with Gasteiger partial charge in [-0.1, -0.05) is 6.92 Å². The smallest absolute Gasteiger partial charge is 0.0829 e. The molecule has 0 spiro atoms. The largest absolute Gasteiger partial charge is 0.374 e. The SMILES string of the molecule is CCC1C2CNCC2CN1CC1CN(C(C)C)CCO1. The molecular weight excluding hydrogens is 250 g/mol. The summed E-state index contributed by atoms with van der Waals surface area (Å²) < 4.78 is 6.04. The molecule has 0 aromatic heterocycles. The first-order valence-corrected chi connectivity index (χ1v) is 8.49. The molecule has 1 N–H and O–H groups in total. The Morgan fingerprint density at radius 1 is 1.25 bits per heavy atom. The van der Waals surface area contributed by atoms with Crippen molar-refractivity contribution in [2.45, 2.75) is 45.4 Å². The van der Waals surface area contributed by atoms with Gasteiger partial charge in [0.15, 0.2) is 0 Å². The number of morpholine rings is 1. The van der Waals surface area contributed by atoms with Crippen LogP contribution in [0.5, 0.6) is 0 Å². The molecule has 4 unspecified atom stereocenters. The van der Waals surface area contributed by atoms with Crippen LogP contribution in [0.3, 0.4) is 0 Å². The van der Waals surface area contributed by atoms with Gasteiger partial charge in [-0.05, 0) is 45.2 Å². The lowest BCUT2D eigenvalue weighted by Crippen LogP contribution is -2.51. The number of likely N-dealkylation sites (tertiary alicyclic amines) is 1. The molecule has 20 heavy (non-hydrogen) atoms. The van der Waals surface area contributed by atoms with Gasteiger partial charge >= 0.3 is 0 Å². The molecule has 0 amide bonds. The molecule has 116 valence electrons. The molecule has 3 aliphatic rings. The highest BCUT2D eigenvalue weighted by Crippen LogP contribution is 2.34. The van der Waals surface area contributed by atoms with Gasteiger partial charge in [0.05, 0.1) is 12.7 Å². The summed E-state index contributed by atoms with van der Waals surface area (Å²) in [6.45, 7) is 14.9. The van der Waals surface area contributed by atoms with Crippen LogP contribution < -0.4 is 5.32 Å². The summed E-state index contributed by atoms with van der Waals surface area (Å²) in [5.41, 5.74) is 0. The lowest BCUT2D eigenvalue weighted by atomic mass is 9.93. The van der Waals surface area contributed by atoms with Crippen molar-refractivity contribution in [2.75, 3.05) is 45.9 Å². The van der Waals surface area contributed by atoms with E-state index >= 15 is 0 Å². The molecule has 3 rings (SSSR count). The standard InChI is InChI=1S/C16H31N3O/c1-4-16-15-8-17-7-13(15)9-19(16)11-14-10-18(12(2)3)5-6-20-14/h12-17H,4-11H2,1-3H3. The van der Waals surface area contributed by atoms with E-state index in [2.05, 4.69) is 35.9 Å². The number of nitrogens with zero attached hydrogens (tertiary/aromatic N) is 2. The summed E-state index contributed by atoms with van der Waals surface area (Å²) in [5, 5.41) is 3.57. The molecular formula is C16H31N3O. The second-order valence-electron chi connectivity index (χ2n) is 7.09. The van der Waals surface area contributed by atoms with Crippen molar-refractivity contribution in [3.63, 3.8) is 0 Å². The van der Waals surface area contributed by atoms with E-state index < -0.39 is 0 Å². The Morgan fingerprint density at radius 3 is 2.85 bits per heavy atom. The molecule has 4 nitrogen and oxygen atoms in total. The van der Waals surface area contributed by atoms with Crippen LogP contribution in [0.15, 0.2) is 0 Å². The minimum atomic E-state index is 0.409. The van der Waals surface area contributed by atoms with E-state index in [1.54, 1.807) is 0 Å². The second-order valence-corrected chi connectivity index (χ2v) is 7.09. The van der Waals surface area contributed by atoms with Crippen molar-refractivity contribution in [1.82, 2.24) is 15.1 Å². The maximum absolute atomic E-state index is 6.04. The van der Waals surface area contributed by atoms with Crippen LogP contribution in [0.1, 0.15) is 27.2 Å². The van der Waals surface area contributed by atoms with Gasteiger partial charge in [0.1, 0.15) is 0 Å². The summed E-state index contributed by atoms with van der Waals surface area (Å²) in [5.74, 6) is 1.76. The Balaban J connectivity index is 1.57. The molecule has 3 heterocycles. The average Bonchev–Trinajstić information content (AvgIpc) is 2.99. The molecule has 0 aliphatic carbocycles. The van der Waals surface area contributed by atoms with E-state index in [9.17, 15) is 0 Å². The predicted octanol–water partition coefficient (Wildman–Crippen LogP) is 1.03. The molecule has 0 saturated carbocycles. The second kappa shape index (κ2) is 6.30. The number of fused-ring (bicyclic) bond motifs is 1. The van der Waals surface area contributed by atoms with Crippen LogP contribution in [-0.2, 0) is 4.74 Å². The van der Waals surface area contributed by atoms with Crippen molar-refractivity contribution < 1.29 is 4.74 Å². The van der Waals surface area contributed by atoms with Gasteiger partial charge in [-0.3, -0.25) is 9.80 Å². The zero-order chi connectivity index (χ0) is 14.1. The highest BCUT2D eigenvalue weighted by molar-refractivity contribution is 4.98. The van der Waals surface area contributed by atoms with Crippen molar-refractivity contribution >= 4 is 0 Å². The maximum Gasteiger partial charge on any atom is 0.0829 e. The zero-order valence-electron chi connectivity index (χ0n) is 13.3. The lowest BCUT2D eigenvalue weighted by molar-refractivity contribution is -0.0547. The van der Waals surface area contributed by atoms with Gasteiger partial charge in [0.2, 0.25) is 0 Å². The predicted molar refractivity (Wildman–Crippen MR) is 82.0 cm³/mol. The first kappa shape index (κ1) is 14.8. The topological polar surface area (TPSA) is 27.7 Å². The molecule has 0 aromatic rings. The van der Waals surface area contributed by atoms with Crippen LogP contribution in [0.4, 0.5) is 0 Å². The highest BCUT2D eigenvalue weighted by Gasteiger charge is 2.43. The van der Waals surface area contributed by atoms with Crippen LogP contribution in [0.2, 0.25) is 0 Å². The molecule has 0 aromatic carbocycles. The molecule has 3 aliphatic heterocycles. The Labute approximate surface area is 123 Å². The molecule has 4 atom stereocenters. The number of hydrogen-bond donors (Lipinski definition) is 1. The van der Waals surface area contributed by atoms with E-state index in [-0.39, 0.29) is 0 Å². The Hall–Kier alpha value is -0.160. The summed E-state index contributed by atoms with van der Waals surface area (Å²) in [6, 6.07) is 1.42. The average molecular weight is 281 g/mol. The fourth-order valence-corrected chi connectivity index (χ4v) is 4.47. The summed E-state index contributed by atoms with van der Waals surface area (Å²) in [7, 11) is 0. The Bertz CT molecular complexity index is 323. The number of nitrogens with one attached hydrogen (secondary N) is 1.